The SMILES string of the molecule is CCOC(=O)C1=C(C[NH2+][C@@H](c2ccc(CC)cc2)c2cccc(F)c2)NC(=O)NC1. The molecule has 4 N–H and O–H groups in total. The van der Waals surface area contributed by atoms with Crippen molar-refractivity contribution in [3.05, 3.63) is 82.3 Å². The lowest BCUT2D eigenvalue weighted by atomic mass is 9.97. The number of carbonyl (C=O) groups excluding carboxylic acids is 2. The first-order valence-corrected chi connectivity index (χ1v) is 10.1. The molecule has 2 amide bonds. The second-order valence-electron chi connectivity index (χ2n) is 7.05. The van der Waals surface area contributed by atoms with Gasteiger partial charge in [0.15, 0.2) is 0 Å². The molecule has 1 atom stereocenters. The molecule has 0 fully saturated rings. The fraction of sp³-hybridized carbons (Fsp3) is 0.304. The minimum Gasteiger partial charge on any atom is -0.463 e. The van der Waals surface area contributed by atoms with Gasteiger partial charge in [0, 0.05) is 11.1 Å². The summed E-state index contributed by atoms with van der Waals surface area (Å²) in [4.78, 5) is 24.1. The molecule has 0 saturated carbocycles. The molecule has 6 nitrogen and oxygen atoms in total. The molecule has 0 saturated heterocycles. The van der Waals surface area contributed by atoms with E-state index in [0.29, 0.717) is 17.8 Å². The van der Waals surface area contributed by atoms with E-state index in [9.17, 15) is 14.0 Å². The van der Waals surface area contributed by atoms with E-state index in [2.05, 4.69) is 29.7 Å². The van der Waals surface area contributed by atoms with E-state index in [1.54, 1.807) is 13.0 Å². The summed E-state index contributed by atoms with van der Waals surface area (Å²) in [5.41, 5.74) is 3.93. The minimum atomic E-state index is -0.456. The third kappa shape index (κ3) is 5.24. The normalized spacial score (nSPS) is 14.7. The summed E-state index contributed by atoms with van der Waals surface area (Å²) in [7, 11) is 0. The molecule has 0 bridgehead atoms. The summed E-state index contributed by atoms with van der Waals surface area (Å²) in [6, 6.07) is 14.1. The Morgan fingerprint density at radius 1 is 1.17 bits per heavy atom. The van der Waals surface area contributed by atoms with E-state index in [0.717, 1.165) is 17.5 Å². The molecule has 1 aliphatic heterocycles. The zero-order valence-electron chi connectivity index (χ0n) is 17.2. The van der Waals surface area contributed by atoms with Crippen LogP contribution in [0.2, 0.25) is 0 Å². The van der Waals surface area contributed by atoms with Gasteiger partial charge in [-0.1, -0.05) is 43.3 Å². The summed E-state index contributed by atoms with van der Waals surface area (Å²) in [6.45, 7) is 4.53. The van der Waals surface area contributed by atoms with Crippen molar-refractivity contribution in [2.45, 2.75) is 26.3 Å². The van der Waals surface area contributed by atoms with Crippen molar-refractivity contribution < 1.29 is 24.0 Å². The van der Waals surface area contributed by atoms with Crippen molar-refractivity contribution >= 4 is 12.0 Å². The van der Waals surface area contributed by atoms with Gasteiger partial charge in [-0.3, -0.25) is 0 Å². The van der Waals surface area contributed by atoms with Gasteiger partial charge in [-0.2, -0.15) is 0 Å². The average molecular weight is 412 g/mol. The van der Waals surface area contributed by atoms with E-state index < -0.39 is 5.97 Å². The highest BCUT2D eigenvalue weighted by molar-refractivity contribution is 5.93. The lowest BCUT2D eigenvalue weighted by Crippen LogP contribution is -2.86. The van der Waals surface area contributed by atoms with Crippen molar-refractivity contribution in [1.82, 2.24) is 10.6 Å². The van der Waals surface area contributed by atoms with Crippen LogP contribution >= 0.6 is 0 Å². The number of aryl methyl sites for hydroxylation is 1. The van der Waals surface area contributed by atoms with Crippen LogP contribution in [0.1, 0.15) is 36.6 Å². The Labute approximate surface area is 175 Å². The maximum atomic E-state index is 13.9. The topological polar surface area (TPSA) is 84.0 Å². The number of amides is 2. The molecule has 7 heteroatoms. The minimum absolute atomic E-state index is 0.115. The number of hydrogen-bond acceptors (Lipinski definition) is 3. The number of quaternary nitrogens is 1. The summed E-state index contributed by atoms with van der Waals surface area (Å²) >= 11 is 0. The number of carbonyl (C=O) groups is 2. The molecule has 158 valence electrons. The fourth-order valence-electron chi connectivity index (χ4n) is 3.48. The van der Waals surface area contributed by atoms with Crippen LogP contribution in [-0.4, -0.2) is 31.7 Å². The van der Waals surface area contributed by atoms with E-state index >= 15 is 0 Å². The zero-order chi connectivity index (χ0) is 21.5. The van der Waals surface area contributed by atoms with Crippen LogP contribution in [0, 0.1) is 5.82 Å². The van der Waals surface area contributed by atoms with Crippen LogP contribution in [0.25, 0.3) is 0 Å². The maximum absolute atomic E-state index is 13.9. The first-order valence-electron chi connectivity index (χ1n) is 10.1. The number of benzene rings is 2. The average Bonchev–Trinajstić information content (AvgIpc) is 2.74. The van der Waals surface area contributed by atoms with E-state index in [4.69, 9.17) is 4.74 Å². The Hall–Kier alpha value is -3.19. The standard InChI is InChI=1S/C23H26FN3O3/c1-3-15-8-10-16(11-9-15)21(17-6-5-7-18(24)12-17)25-14-20-19(22(28)30-4-2)13-26-23(29)27-20/h5-12,21,25H,3-4,13-14H2,1-2H3,(H2,26,27,29)/p+1/t21-/m0/s1. The Morgan fingerprint density at radius 3 is 2.60 bits per heavy atom. The molecule has 0 aliphatic carbocycles. The number of esters is 1. The summed E-state index contributed by atoms with van der Waals surface area (Å²) in [6.07, 6.45) is 0.934. The molecule has 2 aromatic rings. The molecule has 1 heterocycles. The molecule has 0 spiro atoms. The van der Waals surface area contributed by atoms with Crippen LogP contribution in [0.3, 0.4) is 0 Å². The quantitative estimate of drug-likeness (QED) is 0.581. The third-order valence-corrected chi connectivity index (χ3v) is 5.09. The van der Waals surface area contributed by atoms with Gasteiger partial charge in [0.1, 0.15) is 18.4 Å². The number of urea groups is 1. The maximum Gasteiger partial charge on any atom is 0.337 e. The summed E-state index contributed by atoms with van der Waals surface area (Å²) < 4.78 is 19.0. The predicted molar refractivity (Wildman–Crippen MR) is 111 cm³/mol. The number of nitrogens with one attached hydrogen (secondary N) is 2. The van der Waals surface area contributed by atoms with Crippen LogP contribution in [0.4, 0.5) is 9.18 Å². The molecule has 2 aromatic carbocycles. The van der Waals surface area contributed by atoms with Crippen LogP contribution < -0.4 is 16.0 Å². The number of hydrogen-bond donors (Lipinski definition) is 3. The van der Waals surface area contributed by atoms with Gasteiger partial charge in [-0.15, -0.1) is 0 Å². The van der Waals surface area contributed by atoms with Crippen LogP contribution in [0.5, 0.6) is 0 Å². The molecule has 1 aliphatic rings. The van der Waals surface area contributed by atoms with Crippen LogP contribution in [-0.2, 0) is 16.0 Å². The molecule has 0 aromatic heterocycles. The Kier molecular flexibility index (Phi) is 7.19. The lowest BCUT2D eigenvalue weighted by molar-refractivity contribution is -0.680. The highest BCUT2D eigenvalue weighted by Gasteiger charge is 2.26. The molecule has 30 heavy (non-hydrogen) atoms. The predicted octanol–water partition coefficient (Wildman–Crippen LogP) is 2.17. The molecular weight excluding hydrogens is 385 g/mol. The largest absolute Gasteiger partial charge is 0.463 e. The van der Waals surface area contributed by atoms with Gasteiger partial charge >= 0.3 is 12.0 Å². The van der Waals surface area contributed by atoms with Crippen molar-refractivity contribution in [2.24, 2.45) is 0 Å². The highest BCUT2D eigenvalue weighted by Crippen LogP contribution is 2.20. The number of rotatable bonds is 8. The third-order valence-electron chi connectivity index (χ3n) is 5.09. The van der Waals surface area contributed by atoms with Gasteiger partial charge in [0.2, 0.25) is 0 Å². The molecule has 3 rings (SSSR count). The van der Waals surface area contributed by atoms with Crippen LogP contribution in [0.15, 0.2) is 59.8 Å². The van der Waals surface area contributed by atoms with Crippen molar-refractivity contribution in [3.63, 3.8) is 0 Å². The first kappa shape index (κ1) is 21.5. The van der Waals surface area contributed by atoms with E-state index in [1.165, 1.54) is 17.7 Å². The van der Waals surface area contributed by atoms with Crippen molar-refractivity contribution in [2.75, 3.05) is 19.7 Å². The summed E-state index contributed by atoms with van der Waals surface area (Å²) in [5.74, 6) is -0.763. The van der Waals surface area contributed by atoms with E-state index in [1.807, 2.05) is 23.5 Å². The second-order valence-corrected chi connectivity index (χ2v) is 7.05. The van der Waals surface area contributed by atoms with Gasteiger partial charge in [-0.05, 0) is 31.0 Å². The highest BCUT2D eigenvalue weighted by atomic mass is 19.1. The Morgan fingerprint density at radius 2 is 1.93 bits per heavy atom. The van der Waals surface area contributed by atoms with Gasteiger partial charge in [-0.25, -0.2) is 14.0 Å². The number of halogens is 1. The van der Waals surface area contributed by atoms with Crippen molar-refractivity contribution in [3.8, 4) is 0 Å². The Bertz CT molecular complexity index is 941. The second kappa shape index (κ2) is 10.0. The summed E-state index contributed by atoms with van der Waals surface area (Å²) in [5, 5.41) is 7.30. The number of nitrogens with two attached hydrogens (primary N) is 1. The molecule has 0 radical (unpaired) electrons. The zero-order valence-corrected chi connectivity index (χ0v) is 17.2. The van der Waals surface area contributed by atoms with E-state index in [-0.39, 0.29) is 31.0 Å². The van der Waals surface area contributed by atoms with Gasteiger partial charge in [0.05, 0.1) is 24.4 Å². The monoisotopic (exact) mass is 412 g/mol. The smallest absolute Gasteiger partial charge is 0.337 e. The lowest BCUT2D eigenvalue weighted by Gasteiger charge is -2.23. The Balaban J connectivity index is 1.90. The van der Waals surface area contributed by atoms with Gasteiger partial charge in [0.25, 0.3) is 0 Å². The first-order chi connectivity index (χ1) is 14.5. The number of ether oxygens (including phenoxy) is 1. The van der Waals surface area contributed by atoms with Crippen molar-refractivity contribution in [1.29, 1.82) is 0 Å². The molecule has 0 unspecified atom stereocenters. The fourth-order valence-corrected chi connectivity index (χ4v) is 3.48. The van der Waals surface area contributed by atoms with Gasteiger partial charge < -0.3 is 20.7 Å². The molecular formula is C23H27FN3O3+.